The number of piperidine rings is 1. The Balaban J connectivity index is 1.44. The van der Waals surface area contributed by atoms with E-state index in [4.69, 9.17) is 9.97 Å². The third-order valence-electron chi connectivity index (χ3n) is 8.08. The van der Waals surface area contributed by atoms with Crippen molar-refractivity contribution in [2.75, 3.05) is 49.5 Å². The fourth-order valence-corrected chi connectivity index (χ4v) is 5.73. The van der Waals surface area contributed by atoms with Crippen LogP contribution in [0.2, 0.25) is 0 Å². The van der Waals surface area contributed by atoms with Crippen molar-refractivity contribution in [3.63, 3.8) is 0 Å². The molecule has 1 atom stereocenters. The normalized spacial score (nSPS) is 17.7. The summed E-state index contributed by atoms with van der Waals surface area (Å²) in [7, 11) is 0. The molecule has 2 aliphatic heterocycles. The lowest BCUT2D eigenvalue weighted by molar-refractivity contribution is -0.137. The first-order chi connectivity index (χ1) is 20.2. The van der Waals surface area contributed by atoms with Crippen LogP contribution in [-0.2, 0) is 28.9 Å². The highest BCUT2D eigenvalue weighted by Gasteiger charge is 2.31. The highest BCUT2D eigenvalue weighted by atomic mass is 19.4. The summed E-state index contributed by atoms with van der Waals surface area (Å²) in [6.07, 6.45) is 0.222. The average Bonchev–Trinajstić information content (AvgIpc) is 3.60. The molecule has 42 heavy (non-hydrogen) atoms. The number of amides is 2. The van der Waals surface area contributed by atoms with Gasteiger partial charge in [0.05, 0.1) is 17.8 Å². The molecule has 0 saturated carbocycles. The standard InChI is InChI=1S/C29H37F3N8O2/c1-3-37(4-2)27(42)21-9-6-13-39(18-21)28-35-25(33-17-20-8-5-10-22(16-20)29(30,31)32)24-26(36-28)40(19-34-24)15-14-38-12-7-11-23(38)41/h5,8,10,16,19,21H,3-4,6-7,9,11-15,17-18H2,1-2H3,(H,33,35,36). The number of halogens is 3. The van der Waals surface area contributed by atoms with Crippen LogP contribution in [0, 0.1) is 5.92 Å². The molecule has 1 N–H and O–H groups in total. The second kappa shape index (κ2) is 12.5. The monoisotopic (exact) mass is 586 g/mol. The molecule has 13 heteroatoms. The van der Waals surface area contributed by atoms with Gasteiger partial charge in [-0.05, 0) is 50.8 Å². The van der Waals surface area contributed by atoms with Gasteiger partial charge in [-0.25, -0.2) is 4.98 Å². The van der Waals surface area contributed by atoms with Crippen LogP contribution in [-0.4, -0.2) is 80.4 Å². The molecule has 0 bridgehead atoms. The number of benzene rings is 1. The number of likely N-dealkylation sites (tertiary alicyclic amines) is 1. The second-order valence-corrected chi connectivity index (χ2v) is 10.8. The van der Waals surface area contributed by atoms with Crippen LogP contribution in [0.3, 0.4) is 0 Å². The lowest BCUT2D eigenvalue weighted by atomic mass is 9.96. The van der Waals surface area contributed by atoms with Crippen molar-refractivity contribution < 1.29 is 22.8 Å². The van der Waals surface area contributed by atoms with Gasteiger partial charge in [-0.2, -0.15) is 23.1 Å². The molecule has 0 aliphatic carbocycles. The van der Waals surface area contributed by atoms with Crippen LogP contribution in [0.15, 0.2) is 30.6 Å². The van der Waals surface area contributed by atoms with Gasteiger partial charge in [0.15, 0.2) is 17.0 Å². The van der Waals surface area contributed by atoms with Gasteiger partial charge in [-0.3, -0.25) is 9.59 Å². The zero-order valence-corrected chi connectivity index (χ0v) is 24.0. The van der Waals surface area contributed by atoms with E-state index in [0.29, 0.717) is 74.2 Å². The zero-order chi connectivity index (χ0) is 29.9. The minimum absolute atomic E-state index is 0.105. The van der Waals surface area contributed by atoms with Gasteiger partial charge in [-0.15, -0.1) is 0 Å². The Morgan fingerprint density at radius 2 is 1.93 bits per heavy atom. The van der Waals surface area contributed by atoms with Crippen molar-refractivity contribution in [1.82, 2.24) is 29.3 Å². The first kappa shape index (κ1) is 29.6. The topological polar surface area (TPSA) is 99.5 Å². The van der Waals surface area contributed by atoms with Crippen LogP contribution >= 0.6 is 0 Å². The fraction of sp³-hybridized carbons (Fsp3) is 0.552. The summed E-state index contributed by atoms with van der Waals surface area (Å²) in [5.74, 6) is 0.917. The third-order valence-corrected chi connectivity index (χ3v) is 8.08. The van der Waals surface area contributed by atoms with Crippen LogP contribution in [0.4, 0.5) is 24.9 Å². The summed E-state index contributed by atoms with van der Waals surface area (Å²) < 4.78 is 41.7. The average molecular weight is 587 g/mol. The number of carbonyl (C=O) groups is 2. The van der Waals surface area contributed by atoms with Crippen LogP contribution in [0.5, 0.6) is 0 Å². The number of carbonyl (C=O) groups excluding carboxylic acids is 2. The summed E-state index contributed by atoms with van der Waals surface area (Å²) in [4.78, 5) is 45.1. The Kier molecular flexibility index (Phi) is 8.83. The first-order valence-electron chi connectivity index (χ1n) is 14.6. The molecule has 2 saturated heterocycles. The minimum atomic E-state index is -4.44. The molecule has 226 valence electrons. The molecule has 5 rings (SSSR count). The van der Waals surface area contributed by atoms with E-state index in [1.165, 1.54) is 6.07 Å². The second-order valence-electron chi connectivity index (χ2n) is 10.8. The summed E-state index contributed by atoms with van der Waals surface area (Å²) in [5.41, 5.74) is 0.794. The van der Waals surface area contributed by atoms with Gasteiger partial charge in [0.25, 0.3) is 0 Å². The number of nitrogens with one attached hydrogen (secondary N) is 1. The lowest BCUT2D eigenvalue weighted by Crippen LogP contribution is -2.45. The molecule has 2 aliphatic rings. The van der Waals surface area contributed by atoms with Crippen LogP contribution in [0.1, 0.15) is 50.7 Å². The van der Waals surface area contributed by atoms with E-state index in [-0.39, 0.29) is 24.3 Å². The number of aromatic nitrogens is 4. The molecule has 4 heterocycles. The van der Waals surface area contributed by atoms with E-state index in [9.17, 15) is 22.8 Å². The number of hydrogen-bond donors (Lipinski definition) is 1. The number of alkyl halides is 3. The predicted molar refractivity (Wildman–Crippen MR) is 153 cm³/mol. The summed E-state index contributed by atoms with van der Waals surface area (Å²) in [6, 6.07) is 5.17. The Hall–Kier alpha value is -3.90. The number of fused-ring (bicyclic) bond motifs is 1. The molecule has 3 aromatic rings. The highest BCUT2D eigenvalue weighted by molar-refractivity contribution is 5.85. The predicted octanol–water partition coefficient (Wildman–Crippen LogP) is 4.16. The maximum absolute atomic E-state index is 13.3. The number of imidazole rings is 1. The maximum atomic E-state index is 13.3. The number of nitrogens with zero attached hydrogens (tertiary/aromatic N) is 7. The molecule has 2 amide bonds. The van der Waals surface area contributed by atoms with Crippen molar-refractivity contribution in [1.29, 1.82) is 0 Å². The van der Waals surface area contributed by atoms with Gasteiger partial charge in [0.2, 0.25) is 17.8 Å². The van der Waals surface area contributed by atoms with Gasteiger partial charge >= 0.3 is 6.18 Å². The molecular formula is C29H37F3N8O2. The lowest BCUT2D eigenvalue weighted by Gasteiger charge is -2.34. The molecule has 1 unspecified atom stereocenters. The quantitative estimate of drug-likeness (QED) is 0.381. The molecule has 1 aromatic carbocycles. The van der Waals surface area contributed by atoms with Crippen molar-refractivity contribution in [2.45, 2.75) is 58.8 Å². The minimum Gasteiger partial charge on any atom is -0.364 e. The largest absolute Gasteiger partial charge is 0.416 e. The Bertz CT molecular complexity index is 1420. The highest BCUT2D eigenvalue weighted by Crippen LogP contribution is 2.31. The molecule has 2 fully saturated rings. The first-order valence-corrected chi connectivity index (χ1v) is 14.6. The molecule has 10 nitrogen and oxygen atoms in total. The van der Waals surface area contributed by atoms with Crippen molar-refractivity contribution >= 4 is 34.7 Å². The Morgan fingerprint density at radius 1 is 1.12 bits per heavy atom. The number of hydrogen-bond acceptors (Lipinski definition) is 7. The summed E-state index contributed by atoms with van der Waals surface area (Å²) >= 11 is 0. The molecular weight excluding hydrogens is 549 g/mol. The molecule has 2 aromatic heterocycles. The molecule has 0 radical (unpaired) electrons. The SMILES string of the molecule is CCN(CC)C(=O)C1CCCN(c2nc(NCc3cccc(C(F)(F)F)c3)c3ncn(CCN4CCCC4=O)c3n2)C1. The Morgan fingerprint density at radius 3 is 2.64 bits per heavy atom. The van der Waals surface area contributed by atoms with E-state index in [2.05, 4.69) is 10.3 Å². The summed E-state index contributed by atoms with van der Waals surface area (Å²) in [6.45, 7) is 8.25. The summed E-state index contributed by atoms with van der Waals surface area (Å²) in [5, 5.41) is 3.19. The van der Waals surface area contributed by atoms with Crippen molar-refractivity contribution in [3.05, 3.63) is 41.7 Å². The van der Waals surface area contributed by atoms with E-state index in [1.54, 1.807) is 12.4 Å². The van der Waals surface area contributed by atoms with E-state index < -0.39 is 11.7 Å². The van der Waals surface area contributed by atoms with Gasteiger partial charge in [0.1, 0.15) is 0 Å². The van der Waals surface area contributed by atoms with Crippen LogP contribution < -0.4 is 10.2 Å². The maximum Gasteiger partial charge on any atom is 0.416 e. The van der Waals surface area contributed by atoms with E-state index in [0.717, 1.165) is 37.9 Å². The van der Waals surface area contributed by atoms with Crippen LogP contribution in [0.25, 0.3) is 11.2 Å². The Labute approximate surface area is 242 Å². The third kappa shape index (κ3) is 6.44. The van der Waals surface area contributed by atoms with Gasteiger partial charge in [-0.1, -0.05) is 12.1 Å². The van der Waals surface area contributed by atoms with Crippen molar-refractivity contribution in [3.8, 4) is 0 Å². The van der Waals surface area contributed by atoms with Crippen molar-refractivity contribution in [2.24, 2.45) is 5.92 Å². The zero-order valence-electron chi connectivity index (χ0n) is 24.0. The van der Waals surface area contributed by atoms with Gasteiger partial charge in [0, 0.05) is 58.8 Å². The smallest absolute Gasteiger partial charge is 0.364 e. The number of rotatable bonds is 10. The number of anilines is 2. The van der Waals surface area contributed by atoms with E-state index >= 15 is 0 Å². The fourth-order valence-electron chi connectivity index (χ4n) is 5.73. The van der Waals surface area contributed by atoms with Gasteiger partial charge < -0.3 is 24.6 Å². The van der Waals surface area contributed by atoms with E-state index in [1.807, 2.05) is 33.1 Å². The molecule has 0 spiro atoms.